The summed E-state index contributed by atoms with van der Waals surface area (Å²) in [5.41, 5.74) is 0. The number of carbonyl (C=O) groups is 1. The van der Waals surface area contributed by atoms with Crippen LogP contribution in [0.15, 0.2) is 0 Å². The van der Waals surface area contributed by atoms with Gasteiger partial charge in [0.2, 0.25) is 0 Å². The lowest BCUT2D eigenvalue weighted by atomic mass is 10.3. The second-order valence-electron chi connectivity index (χ2n) is 3.63. The molecule has 0 saturated carbocycles. The van der Waals surface area contributed by atoms with Crippen LogP contribution in [0.2, 0.25) is 0 Å². The molecule has 0 heterocycles. The molecule has 0 aliphatic carbocycles. The highest BCUT2D eigenvalue weighted by Crippen LogP contribution is 2.04. The van der Waals surface area contributed by atoms with Crippen molar-refractivity contribution in [3.05, 3.63) is 0 Å². The van der Waals surface area contributed by atoms with Crippen LogP contribution in [0, 0.1) is 11.3 Å². The first-order chi connectivity index (χ1) is 6.49. The average molecular weight is 198 g/mol. The zero-order valence-electron chi connectivity index (χ0n) is 9.28. The van der Waals surface area contributed by atoms with Crippen LogP contribution in [0.1, 0.15) is 34.1 Å². The monoisotopic (exact) mass is 198 g/mol. The zero-order valence-corrected chi connectivity index (χ0v) is 9.28. The highest BCUT2D eigenvalue weighted by Gasteiger charge is 2.18. The standard InChI is InChI=1S/C10H18N2O2/c1-8(2)12(7-5-6-11)10(13)14-9(3)4/h8-9H,5,7H2,1-4H3. The second-order valence-corrected chi connectivity index (χ2v) is 3.63. The predicted octanol–water partition coefficient (Wildman–Crippen LogP) is 2.16. The number of rotatable bonds is 4. The molecule has 0 rings (SSSR count). The summed E-state index contributed by atoms with van der Waals surface area (Å²) in [5.74, 6) is 0. The van der Waals surface area contributed by atoms with Gasteiger partial charge in [-0.1, -0.05) is 0 Å². The highest BCUT2D eigenvalue weighted by molar-refractivity contribution is 5.68. The van der Waals surface area contributed by atoms with Gasteiger partial charge in [0, 0.05) is 12.6 Å². The smallest absolute Gasteiger partial charge is 0.410 e. The lowest BCUT2D eigenvalue weighted by Gasteiger charge is -2.25. The van der Waals surface area contributed by atoms with Gasteiger partial charge in [-0.25, -0.2) is 4.79 Å². The quantitative estimate of drug-likeness (QED) is 0.695. The molecule has 0 aromatic heterocycles. The van der Waals surface area contributed by atoms with Crippen molar-refractivity contribution in [1.82, 2.24) is 4.90 Å². The fraction of sp³-hybridized carbons (Fsp3) is 0.800. The van der Waals surface area contributed by atoms with Gasteiger partial charge in [0.05, 0.1) is 18.6 Å². The van der Waals surface area contributed by atoms with Gasteiger partial charge in [-0.3, -0.25) is 0 Å². The average Bonchev–Trinajstić information content (AvgIpc) is 2.02. The van der Waals surface area contributed by atoms with Crippen LogP contribution >= 0.6 is 0 Å². The van der Waals surface area contributed by atoms with E-state index in [1.54, 1.807) is 18.7 Å². The summed E-state index contributed by atoms with van der Waals surface area (Å²) >= 11 is 0. The van der Waals surface area contributed by atoms with E-state index in [1.807, 2.05) is 19.9 Å². The van der Waals surface area contributed by atoms with Gasteiger partial charge in [0.25, 0.3) is 0 Å². The Bertz CT molecular complexity index is 219. The lowest BCUT2D eigenvalue weighted by Crippen LogP contribution is -2.39. The van der Waals surface area contributed by atoms with Crippen molar-refractivity contribution in [1.29, 1.82) is 5.26 Å². The van der Waals surface area contributed by atoms with Crippen LogP contribution in [-0.4, -0.2) is 29.7 Å². The van der Waals surface area contributed by atoms with Crippen molar-refractivity contribution in [3.8, 4) is 6.07 Å². The van der Waals surface area contributed by atoms with E-state index in [-0.39, 0.29) is 18.2 Å². The number of nitriles is 1. The Balaban J connectivity index is 4.20. The third-order valence-corrected chi connectivity index (χ3v) is 1.66. The molecule has 0 aromatic carbocycles. The first-order valence-corrected chi connectivity index (χ1v) is 4.83. The Hall–Kier alpha value is -1.24. The molecule has 0 spiro atoms. The fourth-order valence-corrected chi connectivity index (χ4v) is 1.00. The van der Waals surface area contributed by atoms with E-state index in [9.17, 15) is 4.79 Å². The number of ether oxygens (including phenoxy) is 1. The van der Waals surface area contributed by atoms with Gasteiger partial charge in [0.15, 0.2) is 0 Å². The largest absolute Gasteiger partial charge is 0.447 e. The SMILES string of the molecule is CC(C)OC(=O)N(CCC#N)C(C)C. The summed E-state index contributed by atoms with van der Waals surface area (Å²) < 4.78 is 5.05. The van der Waals surface area contributed by atoms with E-state index in [0.29, 0.717) is 13.0 Å². The molecule has 1 amide bonds. The van der Waals surface area contributed by atoms with Gasteiger partial charge in [-0.05, 0) is 27.7 Å². The Morgan fingerprint density at radius 1 is 1.43 bits per heavy atom. The van der Waals surface area contributed by atoms with Gasteiger partial charge in [-0.15, -0.1) is 0 Å². The molecule has 0 N–H and O–H groups in total. The molecule has 0 radical (unpaired) electrons. The molecule has 4 heteroatoms. The minimum Gasteiger partial charge on any atom is -0.447 e. The molecule has 4 nitrogen and oxygen atoms in total. The van der Waals surface area contributed by atoms with Gasteiger partial charge in [0.1, 0.15) is 0 Å². The molecule has 0 saturated heterocycles. The molecule has 0 fully saturated rings. The van der Waals surface area contributed by atoms with Crippen molar-refractivity contribution in [2.75, 3.05) is 6.54 Å². The highest BCUT2D eigenvalue weighted by atomic mass is 16.6. The Morgan fingerprint density at radius 2 is 2.00 bits per heavy atom. The summed E-state index contributed by atoms with van der Waals surface area (Å²) in [6.45, 7) is 7.85. The summed E-state index contributed by atoms with van der Waals surface area (Å²) in [5, 5.41) is 8.43. The second kappa shape index (κ2) is 6.25. The molecule has 0 bridgehead atoms. The van der Waals surface area contributed by atoms with Crippen molar-refractivity contribution < 1.29 is 9.53 Å². The molecule has 0 aliphatic rings. The van der Waals surface area contributed by atoms with Crippen molar-refractivity contribution in [3.63, 3.8) is 0 Å². The third kappa shape index (κ3) is 4.70. The summed E-state index contributed by atoms with van der Waals surface area (Å²) in [7, 11) is 0. The molecule has 80 valence electrons. The van der Waals surface area contributed by atoms with Gasteiger partial charge < -0.3 is 9.64 Å². The molecule has 0 aliphatic heterocycles. The number of amides is 1. The van der Waals surface area contributed by atoms with Crippen LogP contribution < -0.4 is 0 Å². The summed E-state index contributed by atoms with van der Waals surface area (Å²) in [6.07, 6.45) is -0.123. The Morgan fingerprint density at radius 3 is 2.36 bits per heavy atom. The summed E-state index contributed by atoms with van der Waals surface area (Å²) in [6, 6.07) is 2.08. The van der Waals surface area contributed by atoms with E-state index in [2.05, 4.69) is 0 Å². The normalized spacial score (nSPS) is 10.1. The van der Waals surface area contributed by atoms with E-state index < -0.39 is 0 Å². The first-order valence-electron chi connectivity index (χ1n) is 4.83. The minimum absolute atomic E-state index is 0.0644. The summed E-state index contributed by atoms with van der Waals surface area (Å²) in [4.78, 5) is 13.1. The van der Waals surface area contributed by atoms with Crippen LogP contribution in [0.4, 0.5) is 4.79 Å². The number of carbonyl (C=O) groups excluding carboxylic acids is 1. The van der Waals surface area contributed by atoms with Crippen LogP contribution in [0.5, 0.6) is 0 Å². The zero-order chi connectivity index (χ0) is 11.1. The fourth-order valence-electron chi connectivity index (χ4n) is 1.00. The molecule has 0 unspecified atom stereocenters. The van der Waals surface area contributed by atoms with Crippen LogP contribution in [0.25, 0.3) is 0 Å². The maximum Gasteiger partial charge on any atom is 0.410 e. The molecule has 0 aromatic rings. The Kier molecular flexibility index (Phi) is 5.70. The first kappa shape index (κ1) is 12.8. The van der Waals surface area contributed by atoms with Crippen molar-refractivity contribution >= 4 is 6.09 Å². The molecule has 14 heavy (non-hydrogen) atoms. The number of hydrogen-bond donors (Lipinski definition) is 0. The minimum atomic E-state index is -0.342. The van der Waals surface area contributed by atoms with E-state index in [4.69, 9.17) is 10.00 Å². The van der Waals surface area contributed by atoms with Gasteiger partial charge in [-0.2, -0.15) is 5.26 Å². The topological polar surface area (TPSA) is 53.3 Å². The number of nitrogens with zero attached hydrogens (tertiary/aromatic N) is 2. The van der Waals surface area contributed by atoms with E-state index in [0.717, 1.165) is 0 Å². The van der Waals surface area contributed by atoms with E-state index in [1.165, 1.54) is 0 Å². The molecule has 0 atom stereocenters. The maximum absolute atomic E-state index is 11.5. The Labute approximate surface area is 85.5 Å². The van der Waals surface area contributed by atoms with Crippen LogP contribution in [-0.2, 0) is 4.74 Å². The lowest BCUT2D eigenvalue weighted by molar-refractivity contribution is 0.0686. The molecular formula is C10H18N2O2. The van der Waals surface area contributed by atoms with Gasteiger partial charge >= 0.3 is 6.09 Å². The maximum atomic E-state index is 11.5. The van der Waals surface area contributed by atoms with Crippen molar-refractivity contribution in [2.24, 2.45) is 0 Å². The van der Waals surface area contributed by atoms with Crippen molar-refractivity contribution in [2.45, 2.75) is 46.3 Å². The van der Waals surface area contributed by atoms with E-state index >= 15 is 0 Å². The van der Waals surface area contributed by atoms with Crippen LogP contribution in [0.3, 0.4) is 0 Å². The molecular weight excluding hydrogens is 180 g/mol. The number of hydrogen-bond acceptors (Lipinski definition) is 3. The third-order valence-electron chi connectivity index (χ3n) is 1.66. The predicted molar refractivity (Wildman–Crippen MR) is 53.7 cm³/mol.